The lowest BCUT2D eigenvalue weighted by atomic mass is 10.1. The summed E-state index contributed by atoms with van der Waals surface area (Å²) in [7, 11) is 1.64. The second kappa shape index (κ2) is 9.16. The largest absolute Gasteiger partial charge is 0.497 e. The van der Waals surface area contributed by atoms with Gasteiger partial charge in [-0.25, -0.2) is 4.79 Å². The molecule has 0 atom stereocenters. The summed E-state index contributed by atoms with van der Waals surface area (Å²) in [4.78, 5) is 12.0. The molecule has 0 saturated carbocycles. The van der Waals surface area contributed by atoms with E-state index in [1.807, 2.05) is 62.4 Å². The Bertz CT molecular complexity index is 1010. The molecule has 0 amide bonds. The molecule has 5 nitrogen and oxygen atoms in total. The molecule has 0 aliphatic rings. The van der Waals surface area contributed by atoms with E-state index in [1.54, 1.807) is 7.11 Å². The van der Waals surface area contributed by atoms with E-state index >= 15 is 0 Å². The van der Waals surface area contributed by atoms with Crippen LogP contribution >= 0.6 is 11.6 Å². The van der Waals surface area contributed by atoms with Gasteiger partial charge in [-0.2, -0.15) is 0 Å². The molecule has 1 heterocycles. The van der Waals surface area contributed by atoms with Crippen molar-refractivity contribution in [2.24, 2.45) is 0 Å². The molecule has 3 rings (SSSR count). The molecule has 0 saturated heterocycles. The van der Waals surface area contributed by atoms with E-state index in [9.17, 15) is 9.90 Å². The van der Waals surface area contributed by atoms with Gasteiger partial charge in [0.15, 0.2) is 0 Å². The molecule has 0 radical (unpaired) electrons. The van der Waals surface area contributed by atoms with Crippen molar-refractivity contribution in [1.29, 1.82) is 0 Å². The van der Waals surface area contributed by atoms with E-state index in [1.165, 1.54) is 0 Å². The SMILES string of the molecule is COc1cccc(Cn2c(C)c(CNCc3ccc(Cl)cc3)c(C(=O)O)c2C)c1. The first kappa shape index (κ1) is 21.0. The first-order chi connectivity index (χ1) is 13.9. The summed E-state index contributed by atoms with van der Waals surface area (Å²) in [6.07, 6.45) is 0. The van der Waals surface area contributed by atoms with Crippen molar-refractivity contribution in [3.8, 4) is 5.75 Å². The number of hydrogen-bond acceptors (Lipinski definition) is 3. The third-order valence-electron chi connectivity index (χ3n) is 5.14. The van der Waals surface area contributed by atoms with Crippen LogP contribution in [0.4, 0.5) is 0 Å². The summed E-state index contributed by atoms with van der Waals surface area (Å²) in [5.74, 6) is -0.119. The lowest BCUT2D eigenvalue weighted by Gasteiger charge is -2.11. The maximum atomic E-state index is 12.0. The molecular weight excluding hydrogens is 388 g/mol. The summed E-state index contributed by atoms with van der Waals surface area (Å²) < 4.78 is 7.35. The molecule has 0 spiro atoms. The number of ether oxygens (including phenoxy) is 1. The zero-order valence-corrected chi connectivity index (χ0v) is 17.6. The summed E-state index contributed by atoms with van der Waals surface area (Å²) in [6, 6.07) is 15.4. The van der Waals surface area contributed by atoms with E-state index in [4.69, 9.17) is 16.3 Å². The number of benzene rings is 2. The standard InChI is InChI=1S/C23H25ClN2O3/c1-15-21(13-25-12-17-7-9-19(24)10-8-17)22(23(27)28)16(2)26(15)14-18-5-4-6-20(11-18)29-3/h4-11,25H,12-14H2,1-3H3,(H,27,28). The number of nitrogens with one attached hydrogen (secondary N) is 1. The van der Waals surface area contributed by atoms with Crippen LogP contribution in [-0.2, 0) is 19.6 Å². The zero-order chi connectivity index (χ0) is 21.0. The summed E-state index contributed by atoms with van der Waals surface area (Å²) >= 11 is 5.93. The molecule has 2 aromatic carbocycles. The van der Waals surface area contributed by atoms with E-state index in [2.05, 4.69) is 9.88 Å². The minimum Gasteiger partial charge on any atom is -0.497 e. The number of methoxy groups -OCH3 is 1. The zero-order valence-electron chi connectivity index (χ0n) is 16.8. The van der Waals surface area contributed by atoms with Crippen molar-refractivity contribution in [3.05, 3.63) is 87.2 Å². The van der Waals surface area contributed by atoms with E-state index < -0.39 is 5.97 Å². The van der Waals surface area contributed by atoms with Crippen LogP contribution in [0.2, 0.25) is 5.02 Å². The molecular formula is C23H25ClN2O3. The topological polar surface area (TPSA) is 63.5 Å². The number of halogens is 1. The molecule has 6 heteroatoms. The lowest BCUT2D eigenvalue weighted by molar-refractivity contribution is 0.0694. The van der Waals surface area contributed by atoms with Crippen LogP contribution in [0.5, 0.6) is 5.75 Å². The molecule has 0 bridgehead atoms. The van der Waals surface area contributed by atoms with Crippen LogP contribution in [0.25, 0.3) is 0 Å². The van der Waals surface area contributed by atoms with Gasteiger partial charge in [-0.15, -0.1) is 0 Å². The van der Waals surface area contributed by atoms with Crippen LogP contribution in [-0.4, -0.2) is 22.8 Å². The van der Waals surface area contributed by atoms with Crippen molar-refractivity contribution < 1.29 is 14.6 Å². The fourth-order valence-electron chi connectivity index (χ4n) is 3.57. The van der Waals surface area contributed by atoms with Crippen molar-refractivity contribution in [1.82, 2.24) is 9.88 Å². The van der Waals surface area contributed by atoms with Gasteiger partial charge in [-0.3, -0.25) is 0 Å². The average Bonchev–Trinajstić information content (AvgIpc) is 2.94. The molecule has 29 heavy (non-hydrogen) atoms. The predicted octanol–water partition coefficient (Wildman–Crippen LogP) is 4.80. The van der Waals surface area contributed by atoms with Crippen LogP contribution in [0, 0.1) is 13.8 Å². The maximum absolute atomic E-state index is 12.0. The third kappa shape index (κ3) is 4.81. The normalized spacial score (nSPS) is 10.9. The minimum absolute atomic E-state index is 0.369. The Labute approximate surface area is 175 Å². The number of aromatic carboxylic acids is 1. The molecule has 3 aromatic rings. The molecule has 152 valence electrons. The first-order valence-corrected chi connectivity index (χ1v) is 9.78. The van der Waals surface area contributed by atoms with Gasteiger partial charge in [-0.05, 0) is 49.2 Å². The van der Waals surface area contributed by atoms with Gasteiger partial charge >= 0.3 is 5.97 Å². The highest BCUT2D eigenvalue weighted by atomic mass is 35.5. The fraction of sp³-hybridized carbons (Fsp3) is 0.261. The Morgan fingerprint density at radius 2 is 1.79 bits per heavy atom. The van der Waals surface area contributed by atoms with Gasteiger partial charge in [0.1, 0.15) is 5.75 Å². The lowest BCUT2D eigenvalue weighted by Crippen LogP contribution is -2.15. The Hall–Kier alpha value is -2.76. The third-order valence-corrected chi connectivity index (χ3v) is 5.39. The quantitative estimate of drug-likeness (QED) is 0.557. The summed E-state index contributed by atoms with van der Waals surface area (Å²) in [5.41, 5.74) is 5.04. The predicted molar refractivity (Wildman–Crippen MR) is 115 cm³/mol. The van der Waals surface area contributed by atoms with Gasteiger partial charge in [0.25, 0.3) is 0 Å². The van der Waals surface area contributed by atoms with Crippen LogP contribution in [0.3, 0.4) is 0 Å². The van der Waals surface area contributed by atoms with Crippen molar-refractivity contribution in [3.63, 3.8) is 0 Å². The van der Waals surface area contributed by atoms with Gasteiger partial charge in [0, 0.05) is 41.6 Å². The van der Waals surface area contributed by atoms with Crippen molar-refractivity contribution >= 4 is 17.6 Å². The number of aromatic nitrogens is 1. The molecule has 2 N–H and O–H groups in total. The Kier molecular flexibility index (Phi) is 6.62. The van der Waals surface area contributed by atoms with Crippen LogP contribution in [0.1, 0.15) is 38.4 Å². The number of carboxylic acid groups (broad SMARTS) is 1. The molecule has 0 fully saturated rings. The molecule has 0 unspecified atom stereocenters. The van der Waals surface area contributed by atoms with Gasteiger partial charge in [0.05, 0.1) is 12.7 Å². The van der Waals surface area contributed by atoms with Crippen LogP contribution < -0.4 is 10.1 Å². The molecule has 1 aromatic heterocycles. The first-order valence-electron chi connectivity index (χ1n) is 9.40. The summed E-state index contributed by atoms with van der Waals surface area (Å²) in [5, 5.41) is 13.9. The van der Waals surface area contributed by atoms with Crippen molar-refractivity contribution in [2.75, 3.05) is 7.11 Å². The highest BCUT2D eigenvalue weighted by Gasteiger charge is 2.22. The average molecular weight is 413 g/mol. The molecule has 0 aliphatic heterocycles. The highest BCUT2D eigenvalue weighted by Crippen LogP contribution is 2.25. The van der Waals surface area contributed by atoms with Crippen LogP contribution in [0.15, 0.2) is 48.5 Å². The maximum Gasteiger partial charge on any atom is 0.337 e. The fourth-order valence-corrected chi connectivity index (χ4v) is 3.70. The Balaban J connectivity index is 1.83. The molecule has 0 aliphatic carbocycles. The van der Waals surface area contributed by atoms with Gasteiger partial charge < -0.3 is 19.7 Å². The van der Waals surface area contributed by atoms with Gasteiger partial charge in [0.2, 0.25) is 0 Å². The summed E-state index contributed by atoms with van der Waals surface area (Å²) in [6.45, 7) is 5.53. The number of hydrogen-bond donors (Lipinski definition) is 2. The number of carboxylic acids is 1. The minimum atomic E-state index is -0.904. The van der Waals surface area contributed by atoms with Gasteiger partial charge in [-0.1, -0.05) is 35.9 Å². The van der Waals surface area contributed by atoms with E-state index in [0.717, 1.165) is 33.8 Å². The Morgan fingerprint density at radius 1 is 1.07 bits per heavy atom. The number of nitrogens with zero attached hydrogens (tertiary/aromatic N) is 1. The second-order valence-electron chi connectivity index (χ2n) is 7.00. The Morgan fingerprint density at radius 3 is 2.45 bits per heavy atom. The number of rotatable bonds is 8. The smallest absolute Gasteiger partial charge is 0.337 e. The highest BCUT2D eigenvalue weighted by molar-refractivity contribution is 6.30. The number of carbonyl (C=O) groups is 1. The second-order valence-corrected chi connectivity index (χ2v) is 7.43. The van der Waals surface area contributed by atoms with Crippen molar-refractivity contribution in [2.45, 2.75) is 33.5 Å². The monoisotopic (exact) mass is 412 g/mol. The van der Waals surface area contributed by atoms with E-state index in [0.29, 0.717) is 30.2 Å². The van der Waals surface area contributed by atoms with E-state index in [-0.39, 0.29) is 0 Å².